The first kappa shape index (κ1) is 22.0. The number of hydrogen-bond donors (Lipinski definition) is 1. The summed E-state index contributed by atoms with van der Waals surface area (Å²) in [5.41, 5.74) is 2.31. The van der Waals surface area contributed by atoms with Crippen LogP contribution in [0.3, 0.4) is 0 Å². The van der Waals surface area contributed by atoms with Crippen LogP contribution in [-0.4, -0.2) is 38.7 Å². The summed E-state index contributed by atoms with van der Waals surface area (Å²) in [5, 5.41) is 10.2. The summed E-state index contributed by atoms with van der Waals surface area (Å²) in [7, 11) is 0. The number of thiazole rings is 1. The van der Waals surface area contributed by atoms with Gasteiger partial charge in [0.15, 0.2) is 5.69 Å². The van der Waals surface area contributed by atoms with Crippen molar-refractivity contribution in [3.63, 3.8) is 0 Å². The van der Waals surface area contributed by atoms with Crippen molar-refractivity contribution in [1.29, 1.82) is 0 Å². The van der Waals surface area contributed by atoms with Crippen molar-refractivity contribution < 1.29 is 19.4 Å². The summed E-state index contributed by atoms with van der Waals surface area (Å²) >= 11 is 3.71. The van der Waals surface area contributed by atoms with Gasteiger partial charge in [0, 0.05) is 17.0 Å². The highest BCUT2D eigenvalue weighted by molar-refractivity contribution is 14.1. The third-order valence-corrected chi connectivity index (χ3v) is 6.43. The van der Waals surface area contributed by atoms with Gasteiger partial charge >= 0.3 is 12.1 Å². The van der Waals surface area contributed by atoms with Crippen molar-refractivity contribution in [3.05, 3.63) is 34.3 Å². The number of fused-ring (bicyclic) bond motifs is 1. The number of aromatic nitrogens is 1. The van der Waals surface area contributed by atoms with Gasteiger partial charge in [0.25, 0.3) is 0 Å². The molecule has 6 nitrogen and oxygen atoms in total. The molecule has 0 atom stereocenters. The molecule has 2 heterocycles. The zero-order valence-electron chi connectivity index (χ0n) is 16.8. The number of halogens is 1. The molecule has 0 radical (unpaired) electrons. The van der Waals surface area contributed by atoms with Crippen molar-refractivity contribution >= 4 is 51.7 Å². The van der Waals surface area contributed by atoms with E-state index in [0.717, 1.165) is 45.4 Å². The summed E-state index contributed by atoms with van der Waals surface area (Å²) < 4.78 is 6.54. The van der Waals surface area contributed by atoms with E-state index in [2.05, 4.69) is 27.6 Å². The number of carboxylic acids is 1. The number of aromatic carboxylic acids is 1. The highest BCUT2D eigenvalue weighted by Crippen LogP contribution is 2.36. The van der Waals surface area contributed by atoms with Gasteiger partial charge in [0.2, 0.25) is 0 Å². The number of amides is 1. The van der Waals surface area contributed by atoms with Crippen LogP contribution in [0, 0.1) is 0 Å². The molecule has 0 saturated heterocycles. The van der Waals surface area contributed by atoms with Crippen molar-refractivity contribution in [2.24, 2.45) is 0 Å². The number of alkyl halides is 1. The van der Waals surface area contributed by atoms with Crippen LogP contribution < -0.4 is 4.90 Å². The lowest BCUT2D eigenvalue weighted by Gasteiger charge is -2.32. The van der Waals surface area contributed by atoms with E-state index in [-0.39, 0.29) is 11.8 Å². The largest absolute Gasteiger partial charge is 0.476 e. The molecular weight excluding hydrogens is 503 g/mol. The van der Waals surface area contributed by atoms with Crippen molar-refractivity contribution in [2.45, 2.75) is 52.1 Å². The molecule has 1 aromatic carbocycles. The normalized spacial score (nSPS) is 13.9. The van der Waals surface area contributed by atoms with E-state index in [9.17, 15) is 14.7 Å². The number of carbonyl (C=O) groups is 2. The van der Waals surface area contributed by atoms with Crippen LogP contribution in [0.2, 0.25) is 0 Å². The van der Waals surface area contributed by atoms with Crippen LogP contribution in [0.4, 0.5) is 10.5 Å². The number of nitrogens with zero attached hydrogens (tertiary/aromatic N) is 2. The summed E-state index contributed by atoms with van der Waals surface area (Å²) in [4.78, 5) is 31.2. The standard InChI is InChI=1S/C21H25IN2O4S/c1-21(2,3)28-20(27)24-11-5-6-13-8-9-14(12-15(13)24)18-23-17(19(25)26)16(29-18)7-4-10-22/h8-9,12H,4-7,10-11H2,1-3H3,(H,25,26). The Labute approximate surface area is 188 Å². The van der Waals surface area contributed by atoms with E-state index in [1.54, 1.807) is 4.90 Å². The predicted octanol–water partition coefficient (Wildman–Crippen LogP) is 5.56. The Morgan fingerprint density at radius 3 is 2.76 bits per heavy atom. The molecular formula is C21H25IN2O4S. The topological polar surface area (TPSA) is 79.7 Å². The van der Waals surface area contributed by atoms with Gasteiger partial charge in [-0.1, -0.05) is 34.7 Å². The fourth-order valence-electron chi connectivity index (χ4n) is 3.25. The molecule has 1 aliphatic heterocycles. The Balaban J connectivity index is 1.96. The molecule has 0 saturated carbocycles. The van der Waals surface area contributed by atoms with E-state index in [1.165, 1.54) is 11.3 Å². The van der Waals surface area contributed by atoms with Gasteiger partial charge in [-0.15, -0.1) is 11.3 Å². The maximum Gasteiger partial charge on any atom is 0.414 e. The molecule has 29 heavy (non-hydrogen) atoms. The summed E-state index contributed by atoms with van der Waals surface area (Å²) in [6.45, 7) is 6.16. The number of ether oxygens (including phenoxy) is 1. The fraction of sp³-hybridized carbons (Fsp3) is 0.476. The van der Waals surface area contributed by atoms with Crippen LogP contribution in [0.5, 0.6) is 0 Å². The van der Waals surface area contributed by atoms with E-state index >= 15 is 0 Å². The molecule has 1 aliphatic rings. The van der Waals surface area contributed by atoms with E-state index in [1.807, 2.05) is 39.0 Å². The number of hydrogen-bond acceptors (Lipinski definition) is 5. The van der Waals surface area contributed by atoms with Crippen molar-refractivity contribution in [1.82, 2.24) is 4.98 Å². The number of benzene rings is 1. The monoisotopic (exact) mass is 528 g/mol. The quantitative estimate of drug-likeness (QED) is 0.406. The lowest BCUT2D eigenvalue weighted by molar-refractivity contribution is 0.0577. The first-order valence-corrected chi connectivity index (χ1v) is 12.0. The maximum absolute atomic E-state index is 12.7. The lowest BCUT2D eigenvalue weighted by Crippen LogP contribution is -2.39. The van der Waals surface area contributed by atoms with Crippen LogP contribution in [0.15, 0.2) is 18.2 Å². The second-order valence-electron chi connectivity index (χ2n) is 7.97. The zero-order chi connectivity index (χ0) is 21.2. The summed E-state index contributed by atoms with van der Waals surface area (Å²) in [5.74, 6) is -0.996. The molecule has 0 unspecified atom stereocenters. The zero-order valence-corrected chi connectivity index (χ0v) is 19.8. The third kappa shape index (κ3) is 5.28. The van der Waals surface area contributed by atoms with Crippen molar-refractivity contribution in [2.75, 3.05) is 15.9 Å². The molecule has 1 aromatic heterocycles. The molecule has 0 aliphatic carbocycles. The first-order valence-electron chi connectivity index (χ1n) is 9.62. The number of aryl methyl sites for hydroxylation is 2. The second kappa shape index (κ2) is 8.99. The Bertz CT molecular complexity index is 920. The highest BCUT2D eigenvalue weighted by Gasteiger charge is 2.28. The van der Waals surface area contributed by atoms with Crippen molar-refractivity contribution in [3.8, 4) is 10.6 Å². The van der Waals surface area contributed by atoms with Gasteiger partial charge in [-0.25, -0.2) is 14.6 Å². The highest BCUT2D eigenvalue weighted by atomic mass is 127. The minimum atomic E-state index is -0.996. The minimum Gasteiger partial charge on any atom is -0.476 e. The van der Waals surface area contributed by atoms with Gasteiger partial charge in [-0.2, -0.15) is 0 Å². The van der Waals surface area contributed by atoms with Gasteiger partial charge < -0.3 is 9.84 Å². The molecule has 1 N–H and O–H groups in total. The number of anilines is 1. The number of rotatable bonds is 5. The van der Waals surface area contributed by atoms with Gasteiger partial charge in [-0.3, -0.25) is 4.90 Å². The Hall–Kier alpha value is -1.68. The maximum atomic E-state index is 12.7. The number of carbonyl (C=O) groups excluding carboxylic acids is 1. The first-order chi connectivity index (χ1) is 13.7. The minimum absolute atomic E-state index is 0.136. The molecule has 8 heteroatoms. The van der Waals surface area contributed by atoms with Gasteiger partial charge in [-0.05, 0) is 62.5 Å². The average Bonchev–Trinajstić information content (AvgIpc) is 3.08. The van der Waals surface area contributed by atoms with Gasteiger partial charge in [0.1, 0.15) is 10.6 Å². The van der Waals surface area contributed by atoms with E-state index < -0.39 is 11.6 Å². The van der Waals surface area contributed by atoms with E-state index in [0.29, 0.717) is 18.0 Å². The molecule has 156 valence electrons. The summed E-state index contributed by atoms with van der Waals surface area (Å²) in [6.07, 6.45) is 3.04. The molecule has 3 rings (SSSR count). The molecule has 0 spiro atoms. The van der Waals surface area contributed by atoms with Crippen LogP contribution in [-0.2, 0) is 17.6 Å². The molecule has 1 amide bonds. The molecule has 0 fully saturated rings. The second-order valence-corrected chi connectivity index (χ2v) is 10.1. The fourth-order valence-corrected chi connectivity index (χ4v) is 4.73. The van der Waals surface area contributed by atoms with Crippen LogP contribution in [0.25, 0.3) is 10.6 Å². The average molecular weight is 528 g/mol. The Kier molecular flexibility index (Phi) is 6.83. The van der Waals surface area contributed by atoms with Crippen LogP contribution >= 0.6 is 33.9 Å². The molecule has 2 aromatic rings. The summed E-state index contributed by atoms with van der Waals surface area (Å²) in [6, 6.07) is 5.91. The third-order valence-electron chi connectivity index (χ3n) is 4.50. The SMILES string of the molecule is CC(C)(C)OC(=O)N1CCCc2ccc(-c3nc(C(=O)O)c(CCCI)s3)cc21. The van der Waals surface area contributed by atoms with E-state index in [4.69, 9.17) is 4.74 Å². The van der Waals surface area contributed by atoms with Gasteiger partial charge in [0.05, 0.1) is 5.69 Å². The lowest BCUT2D eigenvalue weighted by atomic mass is 10.00. The molecule has 0 bridgehead atoms. The smallest absolute Gasteiger partial charge is 0.414 e. The number of carboxylic acid groups (broad SMARTS) is 1. The van der Waals surface area contributed by atoms with Crippen LogP contribution in [0.1, 0.15) is 54.5 Å². The Morgan fingerprint density at radius 2 is 2.10 bits per heavy atom. The Morgan fingerprint density at radius 1 is 1.34 bits per heavy atom. The predicted molar refractivity (Wildman–Crippen MR) is 124 cm³/mol.